The molecule has 2 aliphatic rings. The number of halogens is 1. The maximum absolute atomic E-state index is 13.1. The first-order valence-electron chi connectivity index (χ1n) is 9.16. The Kier molecular flexibility index (Phi) is 5.27. The summed E-state index contributed by atoms with van der Waals surface area (Å²) in [5.74, 6) is -0.191. The highest BCUT2D eigenvalue weighted by molar-refractivity contribution is 9.10. The van der Waals surface area contributed by atoms with E-state index in [0.29, 0.717) is 25.3 Å². The van der Waals surface area contributed by atoms with Crippen molar-refractivity contribution < 1.29 is 14.3 Å². The predicted octanol–water partition coefficient (Wildman–Crippen LogP) is 3.44. The summed E-state index contributed by atoms with van der Waals surface area (Å²) in [5.41, 5.74) is 2.44. The SMILES string of the molecule is O=C(NCc1ccc(Br)cc1)C1c2ccccc2C(=O)N1C1CCOCC1. The number of amides is 2. The van der Waals surface area contributed by atoms with Gasteiger partial charge in [0, 0.05) is 35.8 Å². The number of hydrogen-bond donors (Lipinski definition) is 1. The van der Waals surface area contributed by atoms with E-state index in [9.17, 15) is 9.59 Å². The normalized spacial score (nSPS) is 19.8. The van der Waals surface area contributed by atoms with Crippen LogP contribution in [0.1, 0.15) is 40.4 Å². The summed E-state index contributed by atoms with van der Waals surface area (Å²) < 4.78 is 6.44. The fourth-order valence-corrected chi connectivity index (χ4v) is 4.10. The molecule has 2 heterocycles. The Morgan fingerprint density at radius 3 is 2.56 bits per heavy atom. The van der Waals surface area contributed by atoms with Crippen molar-refractivity contribution in [2.24, 2.45) is 0 Å². The van der Waals surface area contributed by atoms with Crippen LogP contribution in [0.3, 0.4) is 0 Å². The van der Waals surface area contributed by atoms with Gasteiger partial charge in [-0.3, -0.25) is 9.59 Å². The predicted molar refractivity (Wildman–Crippen MR) is 105 cm³/mol. The molecule has 1 fully saturated rings. The smallest absolute Gasteiger partial charge is 0.255 e. The molecule has 27 heavy (non-hydrogen) atoms. The molecule has 140 valence electrons. The van der Waals surface area contributed by atoms with E-state index in [1.165, 1.54) is 0 Å². The Labute approximate surface area is 166 Å². The number of carbonyl (C=O) groups is 2. The van der Waals surface area contributed by atoms with Gasteiger partial charge in [-0.1, -0.05) is 46.3 Å². The summed E-state index contributed by atoms with van der Waals surface area (Å²) in [7, 11) is 0. The summed E-state index contributed by atoms with van der Waals surface area (Å²) in [6.07, 6.45) is 1.52. The van der Waals surface area contributed by atoms with Gasteiger partial charge in [-0.25, -0.2) is 0 Å². The van der Waals surface area contributed by atoms with Gasteiger partial charge in [-0.2, -0.15) is 0 Å². The summed E-state index contributed by atoms with van der Waals surface area (Å²) in [5, 5.41) is 3.01. The zero-order valence-corrected chi connectivity index (χ0v) is 16.4. The molecule has 1 saturated heterocycles. The number of ether oxygens (including phenoxy) is 1. The molecule has 2 aliphatic heterocycles. The number of benzene rings is 2. The molecule has 1 atom stereocenters. The number of nitrogens with zero attached hydrogens (tertiary/aromatic N) is 1. The minimum Gasteiger partial charge on any atom is -0.381 e. The van der Waals surface area contributed by atoms with Gasteiger partial charge < -0.3 is 15.0 Å². The highest BCUT2D eigenvalue weighted by atomic mass is 79.9. The zero-order chi connectivity index (χ0) is 18.8. The van der Waals surface area contributed by atoms with E-state index in [1.54, 1.807) is 4.90 Å². The molecule has 0 spiro atoms. The standard InChI is InChI=1S/C21H21BrN2O3/c22-15-7-5-14(6-8-15)13-23-20(25)19-17-3-1-2-4-18(17)21(26)24(19)16-9-11-27-12-10-16/h1-8,16,19H,9-13H2,(H,23,25). The van der Waals surface area contributed by atoms with Crippen LogP contribution < -0.4 is 5.32 Å². The number of carbonyl (C=O) groups excluding carboxylic acids is 2. The van der Waals surface area contributed by atoms with E-state index >= 15 is 0 Å². The van der Waals surface area contributed by atoms with Crippen LogP contribution in [0.5, 0.6) is 0 Å². The number of rotatable bonds is 4. The second-order valence-corrected chi connectivity index (χ2v) is 7.81. The monoisotopic (exact) mass is 428 g/mol. The van der Waals surface area contributed by atoms with Crippen molar-refractivity contribution >= 4 is 27.7 Å². The lowest BCUT2D eigenvalue weighted by Crippen LogP contribution is -2.46. The van der Waals surface area contributed by atoms with Crippen molar-refractivity contribution in [3.63, 3.8) is 0 Å². The van der Waals surface area contributed by atoms with E-state index < -0.39 is 6.04 Å². The largest absolute Gasteiger partial charge is 0.381 e. The highest BCUT2D eigenvalue weighted by Crippen LogP contribution is 2.37. The third kappa shape index (κ3) is 3.64. The molecule has 0 radical (unpaired) electrons. The number of hydrogen-bond acceptors (Lipinski definition) is 3. The molecule has 4 rings (SSSR count). The number of nitrogens with one attached hydrogen (secondary N) is 1. The van der Waals surface area contributed by atoms with Crippen LogP contribution in [0.2, 0.25) is 0 Å². The quantitative estimate of drug-likeness (QED) is 0.810. The molecule has 2 aromatic rings. The van der Waals surface area contributed by atoms with E-state index in [0.717, 1.165) is 28.4 Å². The van der Waals surface area contributed by atoms with E-state index in [-0.39, 0.29) is 17.9 Å². The Morgan fingerprint density at radius 1 is 1.11 bits per heavy atom. The van der Waals surface area contributed by atoms with Gasteiger partial charge >= 0.3 is 0 Å². The molecule has 0 aliphatic carbocycles. The van der Waals surface area contributed by atoms with Crippen LogP contribution in [-0.2, 0) is 16.1 Å². The van der Waals surface area contributed by atoms with Crippen LogP contribution in [-0.4, -0.2) is 36.0 Å². The second kappa shape index (κ2) is 7.82. The average molecular weight is 429 g/mol. The topological polar surface area (TPSA) is 58.6 Å². The summed E-state index contributed by atoms with van der Waals surface area (Å²) in [6, 6.07) is 14.7. The lowest BCUT2D eigenvalue weighted by molar-refractivity contribution is -0.127. The minimum atomic E-state index is -0.577. The van der Waals surface area contributed by atoms with Crippen LogP contribution in [0.15, 0.2) is 53.0 Å². The van der Waals surface area contributed by atoms with Gasteiger partial charge in [-0.15, -0.1) is 0 Å². The van der Waals surface area contributed by atoms with Crippen LogP contribution in [0.25, 0.3) is 0 Å². The number of fused-ring (bicyclic) bond motifs is 1. The summed E-state index contributed by atoms with van der Waals surface area (Å²) in [4.78, 5) is 27.9. The molecule has 2 aromatic carbocycles. The molecule has 6 heteroatoms. The van der Waals surface area contributed by atoms with Gasteiger partial charge in [0.1, 0.15) is 6.04 Å². The molecule has 0 aromatic heterocycles. The van der Waals surface area contributed by atoms with Gasteiger partial charge in [0.05, 0.1) is 0 Å². The van der Waals surface area contributed by atoms with Gasteiger partial charge in [0.25, 0.3) is 5.91 Å². The third-order valence-corrected chi connectivity index (χ3v) is 5.74. The first-order valence-corrected chi connectivity index (χ1v) is 9.96. The first-order chi connectivity index (χ1) is 13.1. The van der Waals surface area contributed by atoms with Crippen molar-refractivity contribution in [1.29, 1.82) is 0 Å². The van der Waals surface area contributed by atoms with Crippen molar-refractivity contribution in [1.82, 2.24) is 10.2 Å². The van der Waals surface area contributed by atoms with Gasteiger partial charge in [0.15, 0.2) is 0 Å². The molecular weight excluding hydrogens is 408 g/mol. The van der Waals surface area contributed by atoms with E-state index in [4.69, 9.17) is 4.74 Å². The van der Waals surface area contributed by atoms with Crippen molar-refractivity contribution in [3.05, 3.63) is 69.7 Å². The Morgan fingerprint density at radius 2 is 1.81 bits per heavy atom. The van der Waals surface area contributed by atoms with Crippen molar-refractivity contribution in [2.45, 2.75) is 31.5 Å². The van der Waals surface area contributed by atoms with E-state index in [2.05, 4.69) is 21.2 Å². The lowest BCUT2D eigenvalue weighted by Gasteiger charge is -2.35. The summed E-state index contributed by atoms with van der Waals surface area (Å²) in [6.45, 7) is 1.68. The molecule has 0 bridgehead atoms. The average Bonchev–Trinajstić information content (AvgIpc) is 3.01. The third-order valence-electron chi connectivity index (χ3n) is 5.21. The fourth-order valence-electron chi connectivity index (χ4n) is 3.83. The minimum absolute atomic E-state index is 0.0297. The molecule has 0 saturated carbocycles. The lowest BCUT2D eigenvalue weighted by atomic mass is 10.0. The molecule has 5 nitrogen and oxygen atoms in total. The summed E-state index contributed by atoms with van der Waals surface area (Å²) >= 11 is 3.41. The molecule has 1 unspecified atom stereocenters. The Bertz CT molecular complexity index is 847. The van der Waals surface area contributed by atoms with Crippen LogP contribution in [0.4, 0.5) is 0 Å². The maximum Gasteiger partial charge on any atom is 0.255 e. The van der Waals surface area contributed by atoms with Crippen LogP contribution in [0, 0.1) is 0 Å². The second-order valence-electron chi connectivity index (χ2n) is 6.89. The molecule has 1 N–H and O–H groups in total. The van der Waals surface area contributed by atoms with Gasteiger partial charge in [0.2, 0.25) is 5.91 Å². The molecular formula is C21H21BrN2O3. The van der Waals surface area contributed by atoms with E-state index in [1.807, 2.05) is 48.5 Å². The molecule has 2 amide bonds. The van der Waals surface area contributed by atoms with Crippen molar-refractivity contribution in [3.8, 4) is 0 Å². The van der Waals surface area contributed by atoms with Crippen molar-refractivity contribution in [2.75, 3.05) is 13.2 Å². The fraction of sp³-hybridized carbons (Fsp3) is 0.333. The first kappa shape index (κ1) is 18.2. The maximum atomic E-state index is 13.1. The Hall–Kier alpha value is -2.18. The Balaban J connectivity index is 1.57. The highest BCUT2D eigenvalue weighted by Gasteiger charge is 2.44. The van der Waals surface area contributed by atoms with Crippen LogP contribution >= 0.6 is 15.9 Å². The van der Waals surface area contributed by atoms with Gasteiger partial charge in [-0.05, 0) is 42.2 Å². The zero-order valence-electron chi connectivity index (χ0n) is 14.9.